The normalized spacial score (nSPS) is 15.4. The fourth-order valence-electron chi connectivity index (χ4n) is 1.09. The van der Waals surface area contributed by atoms with Crippen molar-refractivity contribution in [2.24, 2.45) is 0 Å². The van der Waals surface area contributed by atoms with Gasteiger partial charge in [0.1, 0.15) is 6.07 Å². The molecule has 1 unspecified atom stereocenters. The molecule has 0 radical (unpaired) electrons. The minimum atomic E-state index is -4.95. The molecule has 0 fully saturated rings. The van der Waals surface area contributed by atoms with Crippen LogP contribution in [-0.4, -0.2) is 16.9 Å². The van der Waals surface area contributed by atoms with Gasteiger partial charge in [-0.2, -0.15) is 18.4 Å². The lowest BCUT2D eigenvalue weighted by Gasteiger charge is -2.23. The molecule has 0 aromatic heterocycles. The lowest BCUT2D eigenvalue weighted by atomic mass is 9.95. The van der Waals surface area contributed by atoms with Crippen LogP contribution in [0, 0.1) is 11.3 Å². The average Bonchev–Trinajstić information content (AvgIpc) is 2.17. The molecule has 2 nitrogen and oxygen atoms in total. The zero-order valence-corrected chi connectivity index (χ0v) is 7.62. The maximum Gasteiger partial charge on any atom is 0.431 e. The average molecular weight is 215 g/mol. The van der Waals surface area contributed by atoms with Gasteiger partial charge in [-0.1, -0.05) is 30.3 Å². The number of halogens is 3. The molecule has 1 N–H and O–H groups in total. The number of nitriles is 1. The molecule has 15 heavy (non-hydrogen) atoms. The molecular weight excluding hydrogens is 207 g/mol. The van der Waals surface area contributed by atoms with Gasteiger partial charge in [0.2, 0.25) is 0 Å². The molecule has 0 saturated heterocycles. The van der Waals surface area contributed by atoms with Crippen LogP contribution in [0.25, 0.3) is 0 Å². The minimum Gasteiger partial charge on any atom is -0.368 e. The van der Waals surface area contributed by atoms with E-state index in [0.717, 1.165) is 6.07 Å². The lowest BCUT2D eigenvalue weighted by Crippen LogP contribution is -2.45. The van der Waals surface area contributed by atoms with Gasteiger partial charge < -0.3 is 5.11 Å². The first-order valence-electron chi connectivity index (χ1n) is 4.13. The monoisotopic (exact) mass is 215 g/mol. The highest BCUT2D eigenvalue weighted by atomic mass is 19.4. The van der Waals surface area contributed by atoms with Crippen LogP contribution in [0.1, 0.15) is 5.56 Å². The number of hydrogen-bond donors (Lipinski definition) is 1. The number of alkyl halides is 3. The maximum absolute atomic E-state index is 12.3. The number of nitrogens with zero attached hydrogens (tertiary/aromatic N) is 1. The second-order valence-corrected chi connectivity index (χ2v) is 3.13. The standard InChI is InChI=1S/C10H8F3NO/c11-10(12,13)9(15,7-14)6-8-4-2-1-3-5-8/h1-5,15H,6H2. The van der Waals surface area contributed by atoms with E-state index in [-0.39, 0.29) is 5.56 Å². The van der Waals surface area contributed by atoms with Crippen LogP contribution in [-0.2, 0) is 6.42 Å². The topological polar surface area (TPSA) is 44.0 Å². The van der Waals surface area contributed by atoms with E-state index in [9.17, 15) is 13.2 Å². The zero-order chi connectivity index (χ0) is 11.5. The molecule has 0 aliphatic rings. The predicted octanol–water partition coefficient (Wildman–Crippen LogP) is 2.05. The molecule has 0 saturated carbocycles. The van der Waals surface area contributed by atoms with Crippen molar-refractivity contribution in [1.82, 2.24) is 0 Å². The molecular formula is C10H8F3NO. The minimum absolute atomic E-state index is 0.263. The van der Waals surface area contributed by atoms with E-state index in [2.05, 4.69) is 0 Å². The van der Waals surface area contributed by atoms with Gasteiger partial charge in [0.05, 0.1) is 0 Å². The van der Waals surface area contributed by atoms with Crippen molar-refractivity contribution in [1.29, 1.82) is 5.26 Å². The number of hydrogen-bond acceptors (Lipinski definition) is 2. The quantitative estimate of drug-likeness (QED) is 0.767. The van der Waals surface area contributed by atoms with Crippen molar-refractivity contribution in [2.45, 2.75) is 18.2 Å². The van der Waals surface area contributed by atoms with E-state index in [1.165, 1.54) is 12.1 Å². The Labute approximate surface area is 84.6 Å². The zero-order valence-electron chi connectivity index (χ0n) is 7.62. The highest BCUT2D eigenvalue weighted by Gasteiger charge is 2.54. The molecule has 0 amide bonds. The first kappa shape index (κ1) is 11.5. The van der Waals surface area contributed by atoms with Crippen LogP contribution in [0.15, 0.2) is 30.3 Å². The maximum atomic E-state index is 12.3. The Bertz CT molecular complexity index is 368. The number of rotatable bonds is 2. The Kier molecular flexibility index (Phi) is 3.01. The highest BCUT2D eigenvalue weighted by molar-refractivity contribution is 5.21. The van der Waals surface area contributed by atoms with Crippen LogP contribution in [0.2, 0.25) is 0 Å². The summed E-state index contributed by atoms with van der Waals surface area (Å²) in [6, 6.07) is 8.48. The summed E-state index contributed by atoms with van der Waals surface area (Å²) >= 11 is 0. The third-order valence-electron chi connectivity index (χ3n) is 1.96. The molecule has 0 spiro atoms. The number of aliphatic hydroxyl groups is 1. The van der Waals surface area contributed by atoms with E-state index in [1.807, 2.05) is 0 Å². The summed E-state index contributed by atoms with van der Waals surface area (Å²) in [5.41, 5.74) is -3.05. The summed E-state index contributed by atoms with van der Waals surface area (Å²) in [5.74, 6) is 0. The molecule has 1 atom stereocenters. The molecule has 1 rings (SSSR count). The first-order valence-corrected chi connectivity index (χ1v) is 4.13. The van der Waals surface area contributed by atoms with Gasteiger partial charge >= 0.3 is 6.18 Å². The van der Waals surface area contributed by atoms with E-state index >= 15 is 0 Å². The van der Waals surface area contributed by atoms with Gasteiger partial charge in [-0.05, 0) is 5.56 Å². The van der Waals surface area contributed by atoms with Gasteiger partial charge in [0.15, 0.2) is 0 Å². The van der Waals surface area contributed by atoms with Gasteiger partial charge in [-0.25, -0.2) is 0 Å². The largest absolute Gasteiger partial charge is 0.431 e. The summed E-state index contributed by atoms with van der Waals surface area (Å²) in [6.45, 7) is 0. The summed E-state index contributed by atoms with van der Waals surface area (Å²) in [6.07, 6.45) is -5.70. The summed E-state index contributed by atoms with van der Waals surface area (Å²) in [5, 5.41) is 17.5. The van der Waals surface area contributed by atoms with Crippen molar-refractivity contribution < 1.29 is 18.3 Å². The Balaban J connectivity index is 2.94. The van der Waals surface area contributed by atoms with E-state index in [4.69, 9.17) is 10.4 Å². The summed E-state index contributed by atoms with van der Waals surface area (Å²) in [7, 11) is 0. The van der Waals surface area contributed by atoms with Crippen LogP contribution < -0.4 is 0 Å². The molecule has 80 valence electrons. The molecule has 0 bridgehead atoms. The van der Waals surface area contributed by atoms with Crippen LogP contribution in [0.3, 0.4) is 0 Å². The van der Waals surface area contributed by atoms with Crippen LogP contribution >= 0.6 is 0 Å². The van der Waals surface area contributed by atoms with Gasteiger partial charge in [-0.3, -0.25) is 0 Å². The van der Waals surface area contributed by atoms with Crippen molar-refractivity contribution in [3.8, 4) is 6.07 Å². The van der Waals surface area contributed by atoms with Gasteiger partial charge in [0, 0.05) is 6.42 Å². The molecule has 1 aromatic rings. The first-order chi connectivity index (χ1) is 6.89. The fraction of sp³-hybridized carbons (Fsp3) is 0.300. The third kappa shape index (κ3) is 2.48. The molecule has 5 heteroatoms. The summed E-state index contributed by atoms with van der Waals surface area (Å²) in [4.78, 5) is 0. The van der Waals surface area contributed by atoms with E-state index in [0.29, 0.717) is 0 Å². The third-order valence-corrected chi connectivity index (χ3v) is 1.96. The van der Waals surface area contributed by atoms with Crippen LogP contribution in [0.5, 0.6) is 0 Å². The number of benzene rings is 1. The van der Waals surface area contributed by atoms with Crippen molar-refractivity contribution in [3.05, 3.63) is 35.9 Å². The van der Waals surface area contributed by atoms with E-state index < -0.39 is 18.2 Å². The predicted molar refractivity (Wildman–Crippen MR) is 46.8 cm³/mol. The Morgan fingerprint density at radius 3 is 2.13 bits per heavy atom. The Morgan fingerprint density at radius 2 is 1.73 bits per heavy atom. The van der Waals surface area contributed by atoms with Crippen molar-refractivity contribution in [2.75, 3.05) is 0 Å². The van der Waals surface area contributed by atoms with Crippen molar-refractivity contribution >= 4 is 0 Å². The smallest absolute Gasteiger partial charge is 0.368 e. The van der Waals surface area contributed by atoms with Gasteiger partial charge in [-0.15, -0.1) is 0 Å². The summed E-state index contributed by atoms with van der Waals surface area (Å²) < 4.78 is 37.0. The molecule has 1 aromatic carbocycles. The molecule has 0 aliphatic heterocycles. The molecule has 0 heterocycles. The highest BCUT2D eigenvalue weighted by Crippen LogP contribution is 2.32. The molecule has 0 aliphatic carbocycles. The Hall–Kier alpha value is -1.54. The Morgan fingerprint density at radius 1 is 1.20 bits per heavy atom. The van der Waals surface area contributed by atoms with Crippen LogP contribution in [0.4, 0.5) is 13.2 Å². The van der Waals surface area contributed by atoms with Gasteiger partial charge in [0.25, 0.3) is 5.60 Å². The second kappa shape index (κ2) is 3.91. The fourth-order valence-corrected chi connectivity index (χ4v) is 1.09. The van der Waals surface area contributed by atoms with E-state index in [1.54, 1.807) is 18.2 Å². The lowest BCUT2D eigenvalue weighted by molar-refractivity contribution is -0.235. The second-order valence-electron chi connectivity index (χ2n) is 3.13. The SMILES string of the molecule is N#CC(O)(Cc1ccccc1)C(F)(F)F. The van der Waals surface area contributed by atoms with Crippen molar-refractivity contribution in [3.63, 3.8) is 0 Å².